The van der Waals surface area contributed by atoms with Crippen LogP contribution in [0.25, 0.3) is 0 Å². The van der Waals surface area contributed by atoms with Crippen LogP contribution in [0.2, 0.25) is 0 Å². The molecule has 0 aromatic carbocycles. The maximum Gasteiger partial charge on any atom is 0.155 e. The van der Waals surface area contributed by atoms with E-state index in [1.165, 1.54) is 11.3 Å². The molecule has 0 bridgehead atoms. The Bertz CT molecular complexity index is 210. The van der Waals surface area contributed by atoms with E-state index in [4.69, 9.17) is 4.74 Å². The van der Waals surface area contributed by atoms with Gasteiger partial charge in [0.25, 0.3) is 0 Å². The Labute approximate surface area is 69.0 Å². The van der Waals surface area contributed by atoms with Gasteiger partial charge in [-0.2, -0.15) is 0 Å². The number of carbonyl (C=O) groups is 1. The molecular weight excluding hydrogens is 162 g/mol. The molecule has 0 N–H and O–H groups in total. The lowest BCUT2D eigenvalue weighted by Crippen LogP contribution is -2.05. The molecule has 60 valence electrons. The van der Waals surface area contributed by atoms with Gasteiger partial charge in [-0.15, -0.1) is 11.3 Å². The highest BCUT2D eigenvalue weighted by atomic mass is 32.1. The molecule has 0 aliphatic heterocycles. The van der Waals surface area contributed by atoms with E-state index < -0.39 is 6.10 Å². The second kappa shape index (κ2) is 4.20. The molecule has 0 amide bonds. The summed E-state index contributed by atoms with van der Waals surface area (Å²) in [6, 6.07) is 0. The third-order valence-electron chi connectivity index (χ3n) is 1.21. The van der Waals surface area contributed by atoms with Crippen LogP contribution in [-0.2, 0) is 9.53 Å². The van der Waals surface area contributed by atoms with E-state index in [9.17, 15) is 4.79 Å². The van der Waals surface area contributed by atoms with Gasteiger partial charge in [0.05, 0.1) is 11.2 Å². The Morgan fingerprint density at radius 2 is 2.73 bits per heavy atom. The van der Waals surface area contributed by atoms with Gasteiger partial charge in [-0.1, -0.05) is 0 Å². The molecule has 1 heterocycles. The van der Waals surface area contributed by atoms with Crippen molar-refractivity contribution in [2.24, 2.45) is 0 Å². The van der Waals surface area contributed by atoms with Gasteiger partial charge in [0.2, 0.25) is 0 Å². The number of ether oxygens (including phenoxy) is 1. The van der Waals surface area contributed by atoms with Gasteiger partial charge in [-0.05, 0) is 6.92 Å². The average molecular weight is 171 g/mol. The zero-order valence-electron chi connectivity index (χ0n) is 6.19. The fourth-order valence-corrected chi connectivity index (χ4v) is 1.31. The summed E-state index contributed by atoms with van der Waals surface area (Å²) in [4.78, 5) is 14.4. The number of carbonyl (C=O) groups excluding carboxylic acids is 1. The SMILES string of the molecule is CCOC(C=O)c1cscn1. The van der Waals surface area contributed by atoms with Crippen molar-refractivity contribution in [3.63, 3.8) is 0 Å². The standard InChI is InChI=1S/C7H9NO2S/c1-2-10-7(3-9)6-4-11-5-8-6/h3-5,7H,2H2,1H3. The van der Waals surface area contributed by atoms with Crippen molar-refractivity contribution >= 4 is 17.6 Å². The van der Waals surface area contributed by atoms with E-state index in [1.54, 1.807) is 5.51 Å². The Morgan fingerprint density at radius 3 is 3.18 bits per heavy atom. The molecule has 1 atom stereocenters. The van der Waals surface area contributed by atoms with E-state index >= 15 is 0 Å². The first kappa shape index (κ1) is 8.36. The zero-order chi connectivity index (χ0) is 8.10. The molecule has 1 aromatic heterocycles. The van der Waals surface area contributed by atoms with E-state index in [-0.39, 0.29) is 0 Å². The van der Waals surface area contributed by atoms with Gasteiger partial charge in [-0.3, -0.25) is 4.79 Å². The normalized spacial score (nSPS) is 12.8. The number of hydrogen-bond acceptors (Lipinski definition) is 4. The lowest BCUT2D eigenvalue weighted by atomic mass is 10.3. The van der Waals surface area contributed by atoms with E-state index in [0.29, 0.717) is 12.3 Å². The topological polar surface area (TPSA) is 39.2 Å². The van der Waals surface area contributed by atoms with Crippen molar-refractivity contribution in [3.8, 4) is 0 Å². The number of nitrogens with zero attached hydrogens (tertiary/aromatic N) is 1. The highest BCUT2D eigenvalue weighted by molar-refractivity contribution is 7.07. The minimum atomic E-state index is -0.480. The van der Waals surface area contributed by atoms with Crippen LogP contribution < -0.4 is 0 Å². The van der Waals surface area contributed by atoms with Crippen molar-refractivity contribution in [2.45, 2.75) is 13.0 Å². The Kier molecular flexibility index (Phi) is 3.19. The van der Waals surface area contributed by atoms with Crippen LogP contribution in [0, 0.1) is 0 Å². The minimum Gasteiger partial charge on any atom is -0.365 e. The average Bonchev–Trinajstić information content (AvgIpc) is 2.52. The van der Waals surface area contributed by atoms with Crippen LogP contribution in [0.5, 0.6) is 0 Å². The fourth-order valence-electron chi connectivity index (χ4n) is 0.736. The molecule has 4 heteroatoms. The van der Waals surface area contributed by atoms with Gasteiger partial charge in [0.15, 0.2) is 12.4 Å². The Hall–Kier alpha value is -0.740. The van der Waals surface area contributed by atoms with E-state index in [1.807, 2.05) is 12.3 Å². The largest absolute Gasteiger partial charge is 0.365 e. The highest BCUT2D eigenvalue weighted by Gasteiger charge is 2.10. The maximum absolute atomic E-state index is 10.4. The summed E-state index contributed by atoms with van der Waals surface area (Å²) < 4.78 is 5.11. The molecule has 0 aliphatic carbocycles. The van der Waals surface area contributed by atoms with E-state index in [0.717, 1.165) is 6.29 Å². The summed E-state index contributed by atoms with van der Waals surface area (Å²) in [6.07, 6.45) is 0.282. The molecule has 1 aromatic rings. The summed E-state index contributed by atoms with van der Waals surface area (Å²) in [6.45, 7) is 2.38. The van der Waals surface area contributed by atoms with Crippen LogP contribution in [0.4, 0.5) is 0 Å². The lowest BCUT2D eigenvalue weighted by molar-refractivity contribution is -0.118. The minimum absolute atomic E-state index is 0.480. The smallest absolute Gasteiger partial charge is 0.155 e. The molecule has 11 heavy (non-hydrogen) atoms. The van der Waals surface area contributed by atoms with Crippen LogP contribution in [0.1, 0.15) is 18.7 Å². The van der Waals surface area contributed by atoms with Crippen LogP contribution in [0.3, 0.4) is 0 Å². The van der Waals surface area contributed by atoms with Crippen molar-refractivity contribution in [2.75, 3.05) is 6.61 Å². The number of hydrogen-bond donors (Lipinski definition) is 0. The van der Waals surface area contributed by atoms with Crippen molar-refractivity contribution < 1.29 is 9.53 Å². The summed E-state index contributed by atoms with van der Waals surface area (Å²) >= 11 is 1.46. The second-order valence-corrected chi connectivity index (χ2v) is 2.64. The molecule has 1 rings (SSSR count). The van der Waals surface area contributed by atoms with Crippen LogP contribution in [-0.4, -0.2) is 17.9 Å². The third-order valence-corrected chi connectivity index (χ3v) is 1.82. The molecule has 0 aliphatic rings. The number of aromatic nitrogens is 1. The molecular formula is C7H9NO2S. The number of thiazole rings is 1. The van der Waals surface area contributed by atoms with Crippen LogP contribution >= 0.6 is 11.3 Å². The molecule has 0 fully saturated rings. The molecule has 0 radical (unpaired) electrons. The summed E-state index contributed by atoms with van der Waals surface area (Å²) in [7, 11) is 0. The summed E-state index contributed by atoms with van der Waals surface area (Å²) in [5.74, 6) is 0. The first-order valence-corrected chi connectivity index (χ1v) is 4.27. The van der Waals surface area contributed by atoms with Gasteiger partial charge in [0, 0.05) is 12.0 Å². The fraction of sp³-hybridized carbons (Fsp3) is 0.429. The van der Waals surface area contributed by atoms with Gasteiger partial charge >= 0.3 is 0 Å². The highest BCUT2D eigenvalue weighted by Crippen LogP contribution is 2.13. The predicted octanol–water partition coefficient (Wildman–Crippen LogP) is 1.42. The van der Waals surface area contributed by atoms with Gasteiger partial charge in [-0.25, -0.2) is 4.98 Å². The Balaban J connectivity index is 2.63. The van der Waals surface area contributed by atoms with E-state index in [2.05, 4.69) is 4.98 Å². The molecule has 0 spiro atoms. The first-order chi connectivity index (χ1) is 5.38. The maximum atomic E-state index is 10.4. The van der Waals surface area contributed by atoms with Crippen LogP contribution in [0.15, 0.2) is 10.9 Å². The molecule has 1 unspecified atom stereocenters. The monoisotopic (exact) mass is 171 g/mol. The second-order valence-electron chi connectivity index (χ2n) is 1.93. The predicted molar refractivity (Wildman–Crippen MR) is 42.5 cm³/mol. The van der Waals surface area contributed by atoms with Gasteiger partial charge in [0.1, 0.15) is 0 Å². The molecule has 0 saturated carbocycles. The summed E-state index contributed by atoms with van der Waals surface area (Å²) in [5.41, 5.74) is 2.39. The lowest BCUT2D eigenvalue weighted by Gasteiger charge is -2.05. The van der Waals surface area contributed by atoms with Crippen molar-refractivity contribution in [3.05, 3.63) is 16.6 Å². The van der Waals surface area contributed by atoms with Crippen molar-refractivity contribution in [1.29, 1.82) is 0 Å². The van der Waals surface area contributed by atoms with Gasteiger partial charge < -0.3 is 4.74 Å². The zero-order valence-corrected chi connectivity index (χ0v) is 7.00. The van der Waals surface area contributed by atoms with Crippen molar-refractivity contribution in [1.82, 2.24) is 4.98 Å². The summed E-state index contributed by atoms with van der Waals surface area (Å²) in [5, 5.41) is 1.81. The third kappa shape index (κ3) is 2.10. The quantitative estimate of drug-likeness (QED) is 0.643. The number of rotatable bonds is 4. The molecule has 3 nitrogen and oxygen atoms in total. The molecule has 0 saturated heterocycles. The number of aldehydes is 1. The Morgan fingerprint density at radius 1 is 1.91 bits per heavy atom. The first-order valence-electron chi connectivity index (χ1n) is 3.33.